The van der Waals surface area contributed by atoms with Gasteiger partial charge in [0.25, 0.3) is 0 Å². The van der Waals surface area contributed by atoms with Crippen LogP contribution in [0.15, 0.2) is 30.3 Å². The smallest absolute Gasteiger partial charge is 0.325 e. The summed E-state index contributed by atoms with van der Waals surface area (Å²) in [5.74, 6) is -3.70. The number of carbonyl (C=O) groups is 2. The molecule has 0 aliphatic heterocycles. The maximum absolute atomic E-state index is 11.6. The van der Waals surface area contributed by atoms with E-state index in [0.717, 1.165) is 5.56 Å². The van der Waals surface area contributed by atoms with Crippen LogP contribution < -0.4 is 5.73 Å². The van der Waals surface area contributed by atoms with Gasteiger partial charge in [0.15, 0.2) is 0 Å². The fourth-order valence-corrected chi connectivity index (χ4v) is 2.29. The minimum atomic E-state index is -1.85. The summed E-state index contributed by atoms with van der Waals surface area (Å²) < 4.78 is 0. The molecule has 0 aliphatic rings. The Morgan fingerprint density at radius 1 is 1.15 bits per heavy atom. The lowest BCUT2D eigenvalue weighted by atomic mass is 9.65. The number of hydrogen-bond donors (Lipinski definition) is 3. The van der Waals surface area contributed by atoms with Gasteiger partial charge in [-0.1, -0.05) is 51.1 Å². The lowest BCUT2D eigenvalue weighted by Gasteiger charge is -2.41. The van der Waals surface area contributed by atoms with E-state index < -0.39 is 28.8 Å². The zero-order chi connectivity index (χ0) is 15.6. The normalized spacial score (nSPS) is 16.2. The number of rotatable bonds is 5. The van der Waals surface area contributed by atoms with Crippen LogP contribution in [0.4, 0.5) is 0 Å². The van der Waals surface area contributed by atoms with Crippen molar-refractivity contribution in [3.05, 3.63) is 35.9 Å². The quantitative estimate of drug-likeness (QED) is 0.762. The Hall–Kier alpha value is -1.88. The molecule has 5 heteroatoms. The van der Waals surface area contributed by atoms with Crippen molar-refractivity contribution in [1.29, 1.82) is 0 Å². The minimum Gasteiger partial charge on any atom is -0.481 e. The molecule has 0 heterocycles. The van der Waals surface area contributed by atoms with E-state index in [-0.39, 0.29) is 6.42 Å². The zero-order valence-corrected chi connectivity index (χ0v) is 12.0. The van der Waals surface area contributed by atoms with Crippen LogP contribution in [0.3, 0.4) is 0 Å². The van der Waals surface area contributed by atoms with Crippen LogP contribution in [0.2, 0.25) is 0 Å². The van der Waals surface area contributed by atoms with Crippen LogP contribution in [-0.4, -0.2) is 27.7 Å². The summed E-state index contributed by atoms with van der Waals surface area (Å²) in [5, 5.41) is 18.9. The van der Waals surface area contributed by atoms with Gasteiger partial charge >= 0.3 is 11.9 Å². The van der Waals surface area contributed by atoms with Crippen molar-refractivity contribution in [2.75, 3.05) is 0 Å². The maximum Gasteiger partial charge on any atom is 0.325 e. The van der Waals surface area contributed by atoms with E-state index in [1.165, 1.54) is 0 Å². The highest BCUT2D eigenvalue weighted by atomic mass is 16.4. The molecule has 0 spiro atoms. The van der Waals surface area contributed by atoms with E-state index in [1.807, 2.05) is 6.07 Å². The molecule has 0 fully saturated rings. The molecule has 1 aromatic rings. The molecule has 2 atom stereocenters. The molecule has 0 aliphatic carbocycles. The first kappa shape index (κ1) is 16.2. The van der Waals surface area contributed by atoms with Crippen LogP contribution in [0, 0.1) is 11.3 Å². The predicted octanol–water partition coefficient (Wildman–Crippen LogP) is 1.76. The Labute approximate surface area is 118 Å². The zero-order valence-electron chi connectivity index (χ0n) is 12.0. The van der Waals surface area contributed by atoms with Crippen LogP contribution in [-0.2, 0) is 16.0 Å². The van der Waals surface area contributed by atoms with Gasteiger partial charge in [0, 0.05) is 0 Å². The molecule has 0 bridgehead atoms. The van der Waals surface area contributed by atoms with Gasteiger partial charge in [0.2, 0.25) is 0 Å². The van der Waals surface area contributed by atoms with E-state index in [1.54, 1.807) is 45.0 Å². The topological polar surface area (TPSA) is 101 Å². The minimum absolute atomic E-state index is 0.0796. The number of carboxylic acid groups (broad SMARTS) is 2. The van der Waals surface area contributed by atoms with Crippen molar-refractivity contribution < 1.29 is 19.8 Å². The molecular formula is C15H21NO4. The highest BCUT2D eigenvalue weighted by Gasteiger charge is 2.54. The third kappa shape index (κ3) is 2.99. The highest BCUT2D eigenvalue weighted by Crippen LogP contribution is 2.36. The first-order valence-corrected chi connectivity index (χ1v) is 6.39. The molecule has 0 radical (unpaired) electrons. The molecule has 5 nitrogen and oxygen atoms in total. The molecule has 1 unspecified atom stereocenters. The molecule has 1 aromatic carbocycles. The summed E-state index contributed by atoms with van der Waals surface area (Å²) in [6, 6.07) is 8.91. The summed E-state index contributed by atoms with van der Waals surface area (Å²) in [5.41, 5.74) is 4.04. The van der Waals surface area contributed by atoms with Gasteiger partial charge in [-0.25, -0.2) is 0 Å². The molecule has 110 valence electrons. The molecule has 0 saturated carbocycles. The Morgan fingerprint density at radius 3 is 2.00 bits per heavy atom. The number of aliphatic carboxylic acids is 2. The average molecular weight is 279 g/mol. The Balaban J connectivity index is 3.24. The van der Waals surface area contributed by atoms with Gasteiger partial charge < -0.3 is 15.9 Å². The van der Waals surface area contributed by atoms with Gasteiger partial charge in [0.1, 0.15) is 5.54 Å². The van der Waals surface area contributed by atoms with Gasteiger partial charge in [-0.05, 0) is 17.4 Å². The Kier molecular flexibility index (Phi) is 4.55. The predicted molar refractivity (Wildman–Crippen MR) is 75.3 cm³/mol. The van der Waals surface area contributed by atoms with Crippen molar-refractivity contribution in [3.63, 3.8) is 0 Å². The van der Waals surface area contributed by atoms with Crippen LogP contribution in [0.5, 0.6) is 0 Å². The standard InChI is InChI=1S/C15H21NO4/c1-14(2,3)15(16,13(19)20)11(12(17)18)9-10-7-5-4-6-8-10/h4-8,11H,9,16H2,1-3H3,(H,17,18)(H,19,20)/t11?,15-/m0/s1. The largest absolute Gasteiger partial charge is 0.481 e. The third-order valence-corrected chi connectivity index (χ3v) is 3.73. The number of hydrogen-bond acceptors (Lipinski definition) is 3. The van der Waals surface area contributed by atoms with Crippen molar-refractivity contribution in [3.8, 4) is 0 Å². The molecule has 0 amide bonds. The van der Waals surface area contributed by atoms with E-state index in [0.29, 0.717) is 0 Å². The molecule has 20 heavy (non-hydrogen) atoms. The summed E-state index contributed by atoms with van der Waals surface area (Å²) in [7, 11) is 0. The fourth-order valence-electron chi connectivity index (χ4n) is 2.29. The Morgan fingerprint density at radius 2 is 1.65 bits per heavy atom. The number of benzene rings is 1. The van der Waals surface area contributed by atoms with Crippen LogP contribution >= 0.6 is 0 Å². The Bertz CT molecular complexity index is 492. The first-order chi connectivity index (χ1) is 9.10. The van der Waals surface area contributed by atoms with Crippen LogP contribution in [0.1, 0.15) is 26.3 Å². The number of nitrogens with two attached hydrogens (primary N) is 1. The van der Waals surface area contributed by atoms with E-state index in [2.05, 4.69) is 0 Å². The molecular weight excluding hydrogens is 258 g/mol. The second-order valence-electron chi connectivity index (χ2n) is 6.00. The third-order valence-electron chi connectivity index (χ3n) is 3.73. The fraction of sp³-hybridized carbons (Fsp3) is 0.467. The summed E-state index contributed by atoms with van der Waals surface area (Å²) in [4.78, 5) is 23.2. The van der Waals surface area contributed by atoms with E-state index in [9.17, 15) is 19.8 Å². The maximum atomic E-state index is 11.6. The molecule has 1 rings (SSSR count). The first-order valence-electron chi connectivity index (χ1n) is 6.39. The second kappa shape index (κ2) is 5.63. The van der Waals surface area contributed by atoms with Crippen molar-refractivity contribution in [2.24, 2.45) is 17.1 Å². The lowest BCUT2D eigenvalue weighted by Crippen LogP contribution is -2.65. The summed E-state index contributed by atoms with van der Waals surface area (Å²) in [6.45, 7) is 4.92. The van der Waals surface area contributed by atoms with Gasteiger partial charge in [-0.2, -0.15) is 0 Å². The van der Waals surface area contributed by atoms with Gasteiger partial charge in [-0.15, -0.1) is 0 Å². The summed E-state index contributed by atoms with van der Waals surface area (Å²) >= 11 is 0. The highest BCUT2D eigenvalue weighted by molar-refractivity contribution is 5.87. The molecule has 4 N–H and O–H groups in total. The average Bonchev–Trinajstić information content (AvgIpc) is 2.34. The summed E-state index contributed by atoms with van der Waals surface area (Å²) in [6.07, 6.45) is 0.0796. The van der Waals surface area contributed by atoms with E-state index >= 15 is 0 Å². The molecule has 0 saturated heterocycles. The van der Waals surface area contributed by atoms with Crippen molar-refractivity contribution in [1.82, 2.24) is 0 Å². The second-order valence-corrected chi connectivity index (χ2v) is 6.00. The van der Waals surface area contributed by atoms with Crippen LogP contribution in [0.25, 0.3) is 0 Å². The van der Waals surface area contributed by atoms with Gasteiger partial charge in [0.05, 0.1) is 5.92 Å². The van der Waals surface area contributed by atoms with Crippen molar-refractivity contribution in [2.45, 2.75) is 32.7 Å². The SMILES string of the molecule is CC(C)(C)[C@@](N)(C(=O)O)C(Cc1ccccc1)C(=O)O. The van der Waals surface area contributed by atoms with Crippen molar-refractivity contribution >= 4 is 11.9 Å². The van der Waals surface area contributed by atoms with Gasteiger partial charge in [-0.3, -0.25) is 9.59 Å². The van der Waals surface area contributed by atoms with E-state index in [4.69, 9.17) is 5.73 Å². The molecule has 0 aromatic heterocycles. The monoisotopic (exact) mass is 279 g/mol. The lowest BCUT2D eigenvalue weighted by molar-refractivity contribution is -0.161. The number of carboxylic acids is 2.